The fourth-order valence-electron chi connectivity index (χ4n) is 16.1. The van der Waals surface area contributed by atoms with Crippen LogP contribution in [0.3, 0.4) is 0 Å². The Hall–Kier alpha value is -8.16. The minimum absolute atomic E-state index is 0.0525. The number of hydrogen-bond donors (Lipinski definition) is 0. The smallest absolute Gasteiger partial charge is 0.428 e. The van der Waals surface area contributed by atoms with Crippen LogP contribution >= 0.6 is 0 Å². The lowest BCUT2D eigenvalue weighted by Gasteiger charge is -2.60. The van der Waals surface area contributed by atoms with Crippen molar-refractivity contribution >= 4 is 48.5 Å². The van der Waals surface area contributed by atoms with Gasteiger partial charge in [-0.3, -0.25) is 0 Å². The van der Waals surface area contributed by atoms with Crippen LogP contribution in [0.2, 0.25) is 0 Å². The zero-order valence-electron chi connectivity index (χ0n) is 60.0. The lowest BCUT2D eigenvalue weighted by Crippen LogP contribution is -2.54. The number of ether oxygens (including phenoxy) is 4. The molecule has 8 rings (SSSR count). The van der Waals surface area contributed by atoms with Crippen molar-refractivity contribution in [3.63, 3.8) is 0 Å². The molecule has 0 bridgehead atoms. The summed E-state index contributed by atoms with van der Waals surface area (Å²) in [5.41, 5.74) is 4.89. The molecule has 4 fully saturated rings. The first-order valence-electron chi connectivity index (χ1n) is 37.9. The average molecular weight is 1400 g/mol. The third kappa shape index (κ3) is 25.1. The highest BCUT2D eigenvalue weighted by Gasteiger charge is 2.57. The molecule has 0 atom stereocenters. The molecule has 101 heavy (non-hydrogen) atoms. The second kappa shape index (κ2) is 42.3. The van der Waals surface area contributed by atoms with Gasteiger partial charge in [0.15, 0.2) is 0 Å². The van der Waals surface area contributed by atoms with E-state index in [9.17, 15) is 38.4 Å². The van der Waals surface area contributed by atoms with E-state index in [0.29, 0.717) is 103 Å². The van der Waals surface area contributed by atoms with Gasteiger partial charge in [0.05, 0.1) is 22.3 Å². The van der Waals surface area contributed by atoms with Crippen LogP contribution in [-0.2, 0) is 83.7 Å². The Kier molecular flexibility index (Phi) is 32.9. The van der Waals surface area contributed by atoms with E-state index < -0.39 is 78.3 Å². The van der Waals surface area contributed by atoms with Crippen molar-refractivity contribution in [1.82, 2.24) is 0 Å². The fourth-order valence-corrected chi connectivity index (χ4v) is 16.1. The first-order valence-corrected chi connectivity index (χ1v) is 37.9. The fraction of sp³-hybridized carbons (Fsp3) is 0.605. The van der Waals surface area contributed by atoms with Crippen molar-refractivity contribution in [2.45, 2.75) is 283 Å². The van der Waals surface area contributed by atoms with Crippen LogP contribution in [-0.4, -0.2) is 72.9 Å². The largest absolute Gasteiger partial charge is 0.550 e. The summed E-state index contributed by atoms with van der Waals surface area (Å²) in [5.74, 6) is -3.09. The summed E-state index contributed by atoms with van der Waals surface area (Å²) in [5, 5.41) is 0. The van der Waals surface area contributed by atoms with Gasteiger partial charge in [-0.2, -0.15) is 19.2 Å². The summed E-state index contributed by atoms with van der Waals surface area (Å²) in [6.45, 7) is 8.66. The summed E-state index contributed by atoms with van der Waals surface area (Å²) in [4.78, 5) is 145. The second-order valence-corrected chi connectivity index (χ2v) is 28.2. The average Bonchev–Trinajstić information content (AvgIpc) is 0.733. The van der Waals surface area contributed by atoms with Crippen molar-refractivity contribution in [2.75, 3.05) is 0 Å². The number of carbonyl (C=O) groups excluding carboxylic acids is 8. The van der Waals surface area contributed by atoms with Crippen LogP contribution in [0.25, 0.3) is 0 Å². The van der Waals surface area contributed by atoms with Crippen molar-refractivity contribution in [1.29, 1.82) is 0 Å². The van der Waals surface area contributed by atoms with Gasteiger partial charge in [0, 0.05) is 0 Å². The molecule has 4 aromatic rings. The van der Waals surface area contributed by atoms with E-state index in [0.717, 1.165) is 151 Å². The molecule has 552 valence electrons. The number of unbranched alkanes of at least 4 members (excludes halogenated alkanes) is 12. The van der Waals surface area contributed by atoms with Crippen LogP contribution in [0.15, 0.2) is 97.1 Å². The molecule has 0 N–H and O–H groups in total. The van der Waals surface area contributed by atoms with E-state index in [4.69, 9.17) is 58.0 Å². The number of carbonyl (C=O) groups is 8. The summed E-state index contributed by atoms with van der Waals surface area (Å²) < 4.78 is 23.4. The van der Waals surface area contributed by atoms with Gasteiger partial charge >= 0.3 is 48.5 Å². The molecule has 4 aromatic carbocycles. The zero-order chi connectivity index (χ0) is 71.6. The van der Waals surface area contributed by atoms with Crippen LogP contribution in [0.5, 0.6) is 0 Å². The first-order chi connectivity index (χ1) is 49.2. The van der Waals surface area contributed by atoms with Crippen molar-refractivity contribution in [3.05, 3.63) is 142 Å². The highest BCUT2D eigenvalue weighted by atomic mass is 17.3. The summed E-state index contributed by atoms with van der Waals surface area (Å²) in [7, 11) is 0. The van der Waals surface area contributed by atoms with Gasteiger partial charge in [0.1, 0.15) is 24.4 Å². The number of hydrogen-bond acceptors (Lipinski definition) is 20. The van der Waals surface area contributed by atoms with Gasteiger partial charge in [-0.05, 0) is 254 Å². The van der Waals surface area contributed by atoms with Crippen molar-refractivity contribution in [2.24, 2.45) is 29.1 Å². The summed E-state index contributed by atoms with van der Waals surface area (Å²) in [6.07, 6.45) is 23.7. The number of benzene rings is 4. The van der Waals surface area contributed by atoms with Gasteiger partial charge in [-0.1, -0.05) is 153 Å². The molecule has 0 radical (unpaired) electrons. The predicted molar refractivity (Wildman–Crippen MR) is 374 cm³/mol. The minimum Gasteiger partial charge on any atom is -0.428 e. The van der Waals surface area contributed by atoms with Gasteiger partial charge in [0.25, 0.3) is 0 Å². The molecule has 0 amide bonds. The molecule has 20 heteroatoms. The van der Waals surface area contributed by atoms with Crippen LogP contribution < -0.4 is 0 Å². The molecule has 0 unspecified atom stereocenters. The van der Waals surface area contributed by atoms with Gasteiger partial charge in [-0.15, -0.1) is 0 Å². The standard InChI is InChI=1S/C81H108O20/c1-5-9-13-17-21-57-25-33-61(34-26-57)73(82)94-98-77(86)90-69-49-41-65(42-50-69)81(66-43-51-70(52-44-66)91-78(87)99-95-74(83)62-35-27-58(28-36-62)22-18-14-10-6-2,67-45-53-71(54-46-67)92-79(88)100-96-75(84)63-37-29-59(30-38-63)23-19-15-11-7-3)68-47-55-72(56-48-68)93-80(89)101-97-76(85)64-39-31-60(32-40-64)24-20-16-12-8-4/h25-40,65-72H,5-24,41-56H2,1-4H3. The van der Waals surface area contributed by atoms with E-state index in [1.165, 1.54) is 0 Å². The Morgan fingerprint density at radius 1 is 0.257 bits per heavy atom. The molecule has 0 heterocycles. The predicted octanol–water partition coefficient (Wildman–Crippen LogP) is 20.4. The molecular weight excluding hydrogens is 1290 g/mol. The van der Waals surface area contributed by atoms with E-state index >= 15 is 0 Å². The SMILES string of the molecule is CCCCCCc1ccc(C(=O)OOC(=O)OC2CCC(C(C3CCC(OC(=O)OOC(=O)c4ccc(CCCCCC)cc4)CC3)(C3CCC(OC(=O)OOC(=O)c4ccc(CCCCCC)cc4)CC3)C3CCC(OC(=O)OOC(=O)c4ccc(CCCCCC)cc4)CC3)CC2)cc1. The topological polar surface area (TPSA) is 247 Å². The Labute approximate surface area is 596 Å². The lowest BCUT2D eigenvalue weighted by molar-refractivity contribution is -0.213. The minimum atomic E-state index is -1.13. The summed E-state index contributed by atoms with van der Waals surface area (Å²) in [6, 6.07) is 28.2. The Morgan fingerprint density at radius 3 is 0.624 bits per heavy atom. The highest BCUT2D eigenvalue weighted by molar-refractivity contribution is 5.91. The molecule has 20 nitrogen and oxygen atoms in total. The zero-order valence-corrected chi connectivity index (χ0v) is 60.0. The molecule has 0 saturated heterocycles. The molecule has 0 aromatic heterocycles. The normalized spacial score (nSPS) is 21.0. The second-order valence-electron chi connectivity index (χ2n) is 28.2. The highest BCUT2D eigenvalue weighted by Crippen LogP contribution is 2.63. The third-order valence-electron chi connectivity index (χ3n) is 21.4. The Bertz CT molecular complexity index is 2740. The Balaban J connectivity index is 0.944. The van der Waals surface area contributed by atoms with Crippen molar-refractivity contribution < 1.29 is 96.4 Å². The maximum absolute atomic E-state index is 13.3. The van der Waals surface area contributed by atoms with Crippen LogP contribution in [0.1, 0.15) is 297 Å². The molecule has 4 aliphatic carbocycles. The van der Waals surface area contributed by atoms with E-state index in [-0.39, 0.29) is 45.9 Å². The molecule has 0 spiro atoms. The maximum Gasteiger partial charge on any atom is 0.550 e. The molecule has 4 aliphatic rings. The molecule has 4 saturated carbocycles. The Morgan fingerprint density at radius 2 is 0.446 bits per heavy atom. The third-order valence-corrected chi connectivity index (χ3v) is 21.4. The first kappa shape index (κ1) is 78.6. The van der Waals surface area contributed by atoms with E-state index in [1.807, 2.05) is 48.5 Å². The van der Waals surface area contributed by atoms with Crippen molar-refractivity contribution in [3.8, 4) is 0 Å². The molecule has 0 aliphatic heterocycles. The summed E-state index contributed by atoms with van der Waals surface area (Å²) >= 11 is 0. The van der Waals surface area contributed by atoms with Crippen LogP contribution in [0, 0.1) is 29.1 Å². The van der Waals surface area contributed by atoms with Gasteiger partial charge in [-0.25, -0.2) is 58.3 Å². The molecular formula is C81H108O20. The van der Waals surface area contributed by atoms with Gasteiger partial charge < -0.3 is 18.9 Å². The quantitative estimate of drug-likeness (QED) is 0.0145. The van der Waals surface area contributed by atoms with E-state index in [2.05, 4.69) is 27.7 Å². The maximum atomic E-state index is 13.3. The number of rotatable bonds is 32. The monoisotopic (exact) mass is 1400 g/mol. The van der Waals surface area contributed by atoms with E-state index in [1.54, 1.807) is 48.5 Å². The lowest BCUT2D eigenvalue weighted by atomic mass is 9.45. The van der Waals surface area contributed by atoms with Crippen LogP contribution in [0.4, 0.5) is 19.2 Å². The van der Waals surface area contributed by atoms with Gasteiger partial charge in [0.2, 0.25) is 0 Å². The number of aryl methyl sites for hydroxylation is 4.